The Kier molecular flexibility index (Phi) is 7.07. The number of nitrogens with zero attached hydrogens (tertiary/aromatic N) is 1. The molecule has 1 saturated heterocycles. The molecule has 8 nitrogen and oxygen atoms in total. The average molecular weight is 433 g/mol. The van der Waals surface area contributed by atoms with Crippen molar-refractivity contribution in [2.24, 2.45) is 0 Å². The second-order valence-electron chi connectivity index (χ2n) is 6.96. The summed E-state index contributed by atoms with van der Waals surface area (Å²) in [5.74, 6) is -0.643. The molecule has 2 unspecified atom stereocenters. The molecular formula is C21H23NO7S. The Labute approximate surface area is 175 Å². The van der Waals surface area contributed by atoms with Gasteiger partial charge in [-0.25, -0.2) is 9.59 Å². The maximum atomic E-state index is 12.6. The minimum absolute atomic E-state index is 0.00112. The van der Waals surface area contributed by atoms with E-state index in [1.165, 1.54) is 0 Å². The predicted octanol–water partition coefficient (Wildman–Crippen LogP) is 2.49. The van der Waals surface area contributed by atoms with E-state index in [9.17, 15) is 18.0 Å². The molecule has 1 amide bonds. The normalized spacial score (nSPS) is 18.8. The summed E-state index contributed by atoms with van der Waals surface area (Å²) in [4.78, 5) is 26.4. The number of hydrogen-bond donors (Lipinski definition) is 0. The molecule has 30 heavy (non-hydrogen) atoms. The number of carbonyl (C=O) groups is 2. The minimum atomic E-state index is -3.75. The van der Waals surface area contributed by atoms with Crippen molar-refractivity contribution in [1.82, 2.24) is 4.90 Å². The van der Waals surface area contributed by atoms with Gasteiger partial charge in [0.05, 0.1) is 18.9 Å². The Bertz CT molecular complexity index is 900. The monoisotopic (exact) mass is 433 g/mol. The van der Waals surface area contributed by atoms with E-state index in [1.807, 2.05) is 48.5 Å². The van der Waals surface area contributed by atoms with Crippen molar-refractivity contribution >= 4 is 22.2 Å². The summed E-state index contributed by atoms with van der Waals surface area (Å²) in [6.45, 7) is -0.0218. The largest absolute Gasteiger partial charge is 0.459 e. The third-order valence-corrected chi connectivity index (χ3v) is 5.13. The first-order valence-electron chi connectivity index (χ1n) is 9.38. The Morgan fingerprint density at radius 3 is 2.00 bits per heavy atom. The van der Waals surface area contributed by atoms with Crippen LogP contribution in [0.3, 0.4) is 0 Å². The molecule has 9 heteroatoms. The van der Waals surface area contributed by atoms with Gasteiger partial charge in [-0.1, -0.05) is 60.7 Å². The molecule has 0 saturated carbocycles. The molecular weight excluding hydrogens is 410 g/mol. The van der Waals surface area contributed by atoms with Crippen molar-refractivity contribution in [1.29, 1.82) is 0 Å². The molecule has 2 aromatic rings. The first kappa shape index (κ1) is 21.8. The molecule has 2 aromatic carbocycles. The fourth-order valence-electron chi connectivity index (χ4n) is 3.17. The van der Waals surface area contributed by atoms with Gasteiger partial charge in [-0.3, -0.25) is 9.08 Å². The Balaban J connectivity index is 1.66. The minimum Gasteiger partial charge on any atom is -0.459 e. The van der Waals surface area contributed by atoms with E-state index in [1.54, 1.807) is 12.1 Å². The fourth-order valence-corrected chi connectivity index (χ4v) is 3.80. The van der Waals surface area contributed by atoms with E-state index in [4.69, 9.17) is 13.7 Å². The lowest BCUT2D eigenvalue weighted by Crippen LogP contribution is -2.41. The highest BCUT2D eigenvalue weighted by Gasteiger charge is 2.43. The number of esters is 1. The van der Waals surface area contributed by atoms with Crippen molar-refractivity contribution in [2.45, 2.75) is 31.8 Å². The summed E-state index contributed by atoms with van der Waals surface area (Å²) in [5.41, 5.74) is 1.59. The Morgan fingerprint density at radius 2 is 1.47 bits per heavy atom. The van der Waals surface area contributed by atoms with Crippen LogP contribution in [-0.4, -0.2) is 50.3 Å². The van der Waals surface area contributed by atoms with Crippen LogP contribution in [0, 0.1) is 0 Å². The van der Waals surface area contributed by atoms with Gasteiger partial charge in [0.2, 0.25) is 0 Å². The van der Waals surface area contributed by atoms with Gasteiger partial charge in [0.25, 0.3) is 10.1 Å². The molecule has 2 atom stereocenters. The molecule has 1 heterocycles. The second kappa shape index (κ2) is 9.73. The van der Waals surface area contributed by atoms with Gasteiger partial charge >= 0.3 is 12.1 Å². The van der Waals surface area contributed by atoms with E-state index in [0.29, 0.717) is 0 Å². The van der Waals surface area contributed by atoms with Crippen molar-refractivity contribution in [2.75, 3.05) is 12.8 Å². The van der Waals surface area contributed by atoms with Crippen LogP contribution in [0.15, 0.2) is 60.7 Å². The topological polar surface area (TPSA) is 99.2 Å². The summed E-state index contributed by atoms with van der Waals surface area (Å²) in [5, 5.41) is 0. The molecule has 160 valence electrons. The molecule has 0 spiro atoms. The zero-order valence-electron chi connectivity index (χ0n) is 16.5. The quantitative estimate of drug-likeness (QED) is 0.489. The van der Waals surface area contributed by atoms with Crippen LogP contribution >= 0.6 is 0 Å². The number of amides is 1. The number of ether oxygens (including phenoxy) is 2. The van der Waals surface area contributed by atoms with Gasteiger partial charge in [0.15, 0.2) is 0 Å². The number of carbonyl (C=O) groups excluding carboxylic acids is 2. The third-order valence-electron chi connectivity index (χ3n) is 4.51. The number of rotatable bonds is 7. The summed E-state index contributed by atoms with van der Waals surface area (Å²) < 4.78 is 38.6. The highest BCUT2D eigenvalue weighted by molar-refractivity contribution is 7.86. The van der Waals surface area contributed by atoms with Crippen molar-refractivity contribution in [3.63, 3.8) is 0 Å². The highest BCUT2D eigenvalue weighted by Crippen LogP contribution is 2.24. The van der Waals surface area contributed by atoms with Crippen LogP contribution in [0.4, 0.5) is 4.79 Å². The van der Waals surface area contributed by atoms with Gasteiger partial charge in [-0.05, 0) is 11.1 Å². The summed E-state index contributed by atoms with van der Waals surface area (Å²) in [7, 11) is -3.75. The van der Waals surface area contributed by atoms with Crippen molar-refractivity contribution < 1.29 is 31.7 Å². The van der Waals surface area contributed by atoms with E-state index in [-0.39, 0.29) is 26.2 Å². The van der Waals surface area contributed by atoms with Crippen LogP contribution in [-0.2, 0) is 41.8 Å². The molecule has 0 N–H and O–H groups in total. The molecule has 0 aromatic heterocycles. The van der Waals surface area contributed by atoms with Gasteiger partial charge in [-0.2, -0.15) is 8.42 Å². The Hall–Kier alpha value is -2.91. The second-order valence-corrected chi connectivity index (χ2v) is 8.56. The van der Waals surface area contributed by atoms with E-state index in [0.717, 1.165) is 22.3 Å². The van der Waals surface area contributed by atoms with E-state index in [2.05, 4.69) is 0 Å². The van der Waals surface area contributed by atoms with Crippen molar-refractivity contribution in [3.05, 3.63) is 71.8 Å². The zero-order valence-corrected chi connectivity index (χ0v) is 17.3. The number of likely N-dealkylation sites (tertiary alicyclic amines) is 1. The van der Waals surface area contributed by atoms with Gasteiger partial charge in [-0.15, -0.1) is 0 Å². The third kappa shape index (κ3) is 6.30. The fraction of sp³-hybridized carbons (Fsp3) is 0.333. The lowest BCUT2D eigenvalue weighted by Gasteiger charge is -2.22. The number of benzene rings is 2. The zero-order chi connectivity index (χ0) is 21.6. The van der Waals surface area contributed by atoms with E-state index >= 15 is 0 Å². The molecule has 1 fully saturated rings. The molecule has 1 aliphatic rings. The highest BCUT2D eigenvalue weighted by atomic mass is 32.2. The molecule has 0 bridgehead atoms. The van der Waals surface area contributed by atoms with Crippen molar-refractivity contribution in [3.8, 4) is 0 Å². The molecule has 0 radical (unpaired) electrons. The molecule has 3 rings (SSSR count). The van der Waals surface area contributed by atoms with Crippen LogP contribution < -0.4 is 0 Å². The van der Waals surface area contributed by atoms with Gasteiger partial charge in [0, 0.05) is 6.42 Å². The standard InChI is InChI=1S/C21H23NO7S/c1-30(25,26)29-18-12-19(20(23)27-14-16-8-4-2-5-9-16)22(13-18)21(24)28-15-17-10-6-3-7-11-17/h2-11,18-19H,12-15H2,1H3. The number of hydrogen-bond acceptors (Lipinski definition) is 7. The summed E-state index contributed by atoms with van der Waals surface area (Å²) in [6, 6.07) is 17.2. The predicted molar refractivity (Wildman–Crippen MR) is 108 cm³/mol. The first-order valence-corrected chi connectivity index (χ1v) is 11.2. The SMILES string of the molecule is CS(=O)(=O)OC1CC(C(=O)OCc2ccccc2)N(C(=O)OCc2ccccc2)C1. The summed E-state index contributed by atoms with van der Waals surface area (Å²) >= 11 is 0. The molecule has 0 aliphatic carbocycles. The van der Waals surface area contributed by atoms with Gasteiger partial charge in [0.1, 0.15) is 19.3 Å². The van der Waals surface area contributed by atoms with Crippen LogP contribution in [0.25, 0.3) is 0 Å². The van der Waals surface area contributed by atoms with Gasteiger partial charge < -0.3 is 9.47 Å². The van der Waals surface area contributed by atoms with Crippen LogP contribution in [0.1, 0.15) is 17.5 Å². The maximum Gasteiger partial charge on any atom is 0.410 e. The Morgan fingerprint density at radius 1 is 0.933 bits per heavy atom. The van der Waals surface area contributed by atoms with Crippen LogP contribution in [0.2, 0.25) is 0 Å². The maximum absolute atomic E-state index is 12.6. The lowest BCUT2D eigenvalue weighted by molar-refractivity contribution is -0.149. The smallest absolute Gasteiger partial charge is 0.410 e. The lowest BCUT2D eigenvalue weighted by atomic mass is 10.2. The first-order chi connectivity index (χ1) is 14.3. The molecule has 1 aliphatic heterocycles. The van der Waals surface area contributed by atoms with Crippen LogP contribution in [0.5, 0.6) is 0 Å². The summed E-state index contributed by atoms with van der Waals surface area (Å²) in [6.07, 6.45) is -0.661. The van der Waals surface area contributed by atoms with E-state index < -0.39 is 34.3 Å². The average Bonchev–Trinajstić information content (AvgIpc) is 3.14.